The lowest BCUT2D eigenvalue weighted by atomic mass is 9.48. The van der Waals surface area contributed by atoms with Gasteiger partial charge in [-0.2, -0.15) is 5.26 Å². The number of hydrogen-bond donors (Lipinski definition) is 1. The van der Waals surface area contributed by atoms with Crippen LogP contribution in [0.25, 0.3) is 21.5 Å². The number of nitrogens with zero attached hydrogens (tertiary/aromatic N) is 3. The van der Waals surface area contributed by atoms with Gasteiger partial charge in [-0.3, -0.25) is 0 Å². The molecular formula is C31H27Cl2N3O3S. The number of halogens is 2. The zero-order chi connectivity index (χ0) is 27.2. The topological polar surface area (TPSA) is 92.2 Å². The summed E-state index contributed by atoms with van der Waals surface area (Å²) in [6.45, 7) is 0.384. The van der Waals surface area contributed by atoms with E-state index in [1.165, 1.54) is 11.3 Å². The summed E-state index contributed by atoms with van der Waals surface area (Å²) in [7, 11) is 0. The third-order valence-corrected chi connectivity index (χ3v) is 11.5. The van der Waals surface area contributed by atoms with Crippen molar-refractivity contribution >= 4 is 44.8 Å². The van der Waals surface area contributed by atoms with Crippen molar-refractivity contribution in [2.24, 2.45) is 17.8 Å². The van der Waals surface area contributed by atoms with E-state index in [9.17, 15) is 10.4 Å². The molecule has 5 atom stereocenters. The Morgan fingerprint density at radius 1 is 1.10 bits per heavy atom. The van der Waals surface area contributed by atoms with Gasteiger partial charge >= 0.3 is 0 Å². The van der Waals surface area contributed by atoms with E-state index in [0.29, 0.717) is 45.3 Å². The lowest BCUT2D eigenvalue weighted by molar-refractivity contribution is -0.250. The third-order valence-electron chi connectivity index (χ3n) is 9.73. The molecule has 4 aromatic rings. The van der Waals surface area contributed by atoms with Crippen molar-refractivity contribution in [3.05, 3.63) is 68.3 Å². The van der Waals surface area contributed by atoms with E-state index in [2.05, 4.69) is 11.2 Å². The molecule has 5 saturated carbocycles. The summed E-state index contributed by atoms with van der Waals surface area (Å²) < 4.78 is 13.7. The average Bonchev–Trinajstić information content (AvgIpc) is 3.55. The second kappa shape index (κ2) is 9.01. The first-order valence-electron chi connectivity index (χ1n) is 14.0. The average molecular weight is 593 g/mol. The maximum Gasteiger partial charge on any atom is 0.145 e. The maximum absolute atomic E-state index is 12.3. The lowest BCUT2D eigenvalue weighted by Gasteiger charge is -2.62. The number of benzene rings is 2. The summed E-state index contributed by atoms with van der Waals surface area (Å²) in [6, 6.07) is 13.2. The number of fused-ring (bicyclic) bond motifs is 1. The van der Waals surface area contributed by atoms with E-state index in [4.69, 9.17) is 37.4 Å². The van der Waals surface area contributed by atoms with E-state index in [1.54, 1.807) is 6.07 Å². The molecule has 4 bridgehead atoms. The fourth-order valence-electron chi connectivity index (χ4n) is 7.88. The van der Waals surface area contributed by atoms with Crippen LogP contribution in [0.3, 0.4) is 0 Å². The lowest BCUT2D eigenvalue weighted by Crippen LogP contribution is -2.62. The Morgan fingerprint density at radius 3 is 2.55 bits per heavy atom. The number of aliphatic hydroxyl groups is 1. The van der Waals surface area contributed by atoms with Crippen LogP contribution < -0.4 is 0 Å². The normalized spacial score (nSPS) is 30.7. The summed E-state index contributed by atoms with van der Waals surface area (Å²) in [5, 5.41) is 27.9. The van der Waals surface area contributed by atoms with Crippen molar-refractivity contribution in [2.75, 3.05) is 0 Å². The predicted octanol–water partition coefficient (Wildman–Crippen LogP) is 7.99. The molecule has 5 fully saturated rings. The van der Waals surface area contributed by atoms with Crippen LogP contribution in [-0.2, 0) is 16.9 Å². The van der Waals surface area contributed by atoms with Gasteiger partial charge in [0.25, 0.3) is 0 Å². The number of thiazole rings is 1. The molecule has 2 heterocycles. The molecule has 5 aliphatic rings. The molecular weight excluding hydrogens is 565 g/mol. The molecule has 2 aromatic heterocycles. The van der Waals surface area contributed by atoms with Gasteiger partial charge in [-0.05, 0) is 93.0 Å². The highest BCUT2D eigenvalue weighted by molar-refractivity contribution is 7.18. The van der Waals surface area contributed by atoms with Gasteiger partial charge in [0.2, 0.25) is 0 Å². The molecule has 6 nitrogen and oxygen atoms in total. The minimum absolute atomic E-state index is 0.0811. The molecule has 204 valence electrons. The molecule has 40 heavy (non-hydrogen) atoms. The van der Waals surface area contributed by atoms with Crippen molar-refractivity contribution < 1.29 is 14.4 Å². The summed E-state index contributed by atoms with van der Waals surface area (Å²) >= 11 is 14.7. The third kappa shape index (κ3) is 3.80. The van der Waals surface area contributed by atoms with Crippen molar-refractivity contribution in [2.45, 2.75) is 68.7 Å². The highest BCUT2D eigenvalue weighted by Gasteiger charge is 2.64. The van der Waals surface area contributed by atoms with Crippen molar-refractivity contribution in [1.82, 2.24) is 10.1 Å². The second-order valence-corrected chi connectivity index (χ2v) is 14.0. The quantitative estimate of drug-likeness (QED) is 0.244. The highest BCUT2D eigenvalue weighted by atomic mass is 35.5. The largest absolute Gasteiger partial charge is 0.382 e. The van der Waals surface area contributed by atoms with Crippen molar-refractivity contribution in [3.8, 4) is 17.3 Å². The molecule has 2 aromatic carbocycles. The molecule has 0 radical (unpaired) electrons. The second-order valence-electron chi connectivity index (χ2n) is 12.2. The molecule has 0 saturated heterocycles. The van der Waals surface area contributed by atoms with E-state index in [0.717, 1.165) is 71.5 Å². The van der Waals surface area contributed by atoms with Crippen LogP contribution in [0.2, 0.25) is 10.0 Å². The monoisotopic (exact) mass is 591 g/mol. The van der Waals surface area contributed by atoms with E-state index < -0.39 is 5.60 Å². The van der Waals surface area contributed by atoms with Crippen molar-refractivity contribution in [1.29, 1.82) is 5.26 Å². The summed E-state index contributed by atoms with van der Waals surface area (Å²) in [5.74, 6) is 1.94. The highest BCUT2D eigenvalue weighted by Crippen LogP contribution is 2.65. The number of rotatable bonds is 6. The minimum Gasteiger partial charge on any atom is -0.382 e. The van der Waals surface area contributed by atoms with Gasteiger partial charge in [0.1, 0.15) is 22.1 Å². The number of ether oxygens (including phenoxy) is 1. The molecule has 0 aliphatic heterocycles. The SMILES string of the molecule is N#Cc1ccc2nc([C@]3(O)[C@@H]4CC5C[C@H]3C[C@](OCc3c(-c6c(Cl)cccc6Cl)noc3C3CC3)(C5)C4)sc2c1. The summed E-state index contributed by atoms with van der Waals surface area (Å²) in [6.07, 6.45) is 6.73. The van der Waals surface area contributed by atoms with Gasteiger partial charge in [0.05, 0.1) is 44.1 Å². The van der Waals surface area contributed by atoms with Crippen LogP contribution in [0.5, 0.6) is 0 Å². The molecule has 0 amide bonds. The Labute approximate surface area is 245 Å². The Balaban J connectivity index is 1.10. The number of nitriles is 1. The first-order valence-corrected chi connectivity index (χ1v) is 15.5. The van der Waals surface area contributed by atoms with Gasteiger partial charge in [-0.25, -0.2) is 4.98 Å². The Bertz CT molecular complexity index is 1670. The van der Waals surface area contributed by atoms with E-state index in [1.807, 2.05) is 30.3 Å². The van der Waals surface area contributed by atoms with Gasteiger partial charge in [0, 0.05) is 17.0 Å². The first-order chi connectivity index (χ1) is 19.4. The minimum atomic E-state index is -0.965. The van der Waals surface area contributed by atoms with E-state index >= 15 is 0 Å². The van der Waals surface area contributed by atoms with Crippen LogP contribution >= 0.6 is 34.5 Å². The van der Waals surface area contributed by atoms with Gasteiger partial charge < -0.3 is 14.4 Å². The molecule has 1 N–H and O–H groups in total. The Kier molecular flexibility index (Phi) is 5.69. The van der Waals surface area contributed by atoms with E-state index in [-0.39, 0.29) is 17.4 Å². The Hall–Kier alpha value is -2.47. The molecule has 0 spiro atoms. The smallest absolute Gasteiger partial charge is 0.145 e. The van der Waals surface area contributed by atoms with Crippen LogP contribution in [0.1, 0.15) is 72.8 Å². The van der Waals surface area contributed by atoms with Crippen LogP contribution in [0.4, 0.5) is 0 Å². The standard InChI is InChI=1S/C31H27Cl2N3O3S/c32-22-2-1-3-23(33)26(22)27-21(28(39-36-27)18-5-6-18)15-38-30-11-17-8-19(12-30)31(37,20(9-17)13-30)29-35-24-7-4-16(14-34)10-25(24)40-29/h1-4,7,10,17-20,37H,5-6,8-9,11-13,15H2/t17?,19-,20+,30+,31+. The summed E-state index contributed by atoms with van der Waals surface area (Å²) in [5.41, 5.74) is 2.50. The fourth-order valence-corrected chi connectivity index (χ4v) is 9.71. The van der Waals surface area contributed by atoms with Gasteiger partial charge in [-0.1, -0.05) is 34.4 Å². The van der Waals surface area contributed by atoms with Gasteiger partial charge in [-0.15, -0.1) is 11.3 Å². The Morgan fingerprint density at radius 2 is 1.85 bits per heavy atom. The zero-order valence-corrected chi connectivity index (χ0v) is 24.0. The van der Waals surface area contributed by atoms with Gasteiger partial charge in [0.15, 0.2) is 0 Å². The molecule has 5 aliphatic carbocycles. The number of hydrogen-bond acceptors (Lipinski definition) is 7. The first kappa shape index (κ1) is 25.3. The molecule has 9 heteroatoms. The molecule has 1 unspecified atom stereocenters. The zero-order valence-electron chi connectivity index (χ0n) is 21.7. The maximum atomic E-state index is 12.3. The van der Waals surface area contributed by atoms with Crippen LogP contribution in [0.15, 0.2) is 40.9 Å². The predicted molar refractivity (Wildman–Crippen MR) is 153 cm³/mol. The fraction of sp³-hybridized carbons (Fsp3) is 0.452. The van der Waals surface area contributed by atoms with Crippen molar-refractivity contribution in [3.63, 3.8) is 0 Å². The molecule has 9 rings (SSSR count). The van der Waals surface area contributed by atoms with Crippen LogP contribution in [0, 0.1) is 29.1 Å². The summed E-state index contributed by atoms with van der Waals surface area (Å²) in [4.78, 5) is 4.89. The van der Waals surface area contributed by atoms with Crippen LogP contribution in [-0.4, -0.2) is 20.8 Å². The number of aromatic nitrogens is 2.